The maximum absolute atomic E-state index is 13.7. The molecule has 1 saturated carbocycles. The lowest BCUT2D eigenvalue weighted by molar-refractivity contribution is -0.132. The molecule has 35 heavy (non-hydrogen) atoms. The highest BCUT2D eigenvalue weighted by atomic mass is 32.2. The number of aliphatic hydroxyl groups is 1. The van der Waals surface area contributed by atoms with Crippen molar-refractivity contribution in [3.63, 3.8) is 0 Å². The summed E-state index contributed by atoms with van der Waals surface area (Å²) >= 11 is 0. The van der Waals surface area contributed by atoms with E-state index in [1.54, 1.807) is 4.90 Å². The molecular weight excluding hydrogens is 496 g/mol. The maximum atomic E-state index is 13.7. The van der Waals surface area contributed by atoms with Gasteiger partial charge in [-0.05, 0) is 43.4 Å². The second kappa shape index (κ2) is 7.68. The second-order valence-corrected chi connectivity index (χ2v) is 13.2. The Morgan fingerprint density at radius 2 is 1.97 bits per heavy atom. The number of nitrogens with one attached hydrogen (secondary N) is 2. The van der Waals surface area contributed by atoms with Gasteiger partial charge in [-0.15, -0.1) is 4.40 Å². The van der Waals surface area contributed by atoms with Crippen molar-refractivity contribution in [2.24, 2.45) is 16.2 Å². The fourth-order valence-electron chi connectivity index (χ4n) is 5.69. The Kier molecular flexibility index (Phi) is 5.00. The van der Waals surface area contributed by atoms with Gasteiger partial charge in [0.15, 0.2) is 5.84 Å². The van der Waals surface area contributed by atoms with E-state index in [0.29, 0.717) is 12.5 Å². The number of fused-ring (bicyclic) bond motifs is 6. The highest BCUT2D eigenvalue weighted by Gasteiger charge is 2.58. The van der Waals surface area contributed by atoms with Crippen LogP contribution < -0.4 is 10.0 Å². The van der Waals surface area contributed by atoms with Gasteiger partial charge in [0.1, 0.15) is 16.2 Å². The minimum atomic E-state index is -4.29. The summed E-state index contributed by atoms with van der Waals surface area (Å²) in [6.07, 6.45) is 5.34. The SMILES string of the molecule is CS(=O)(=O)Nc1ccc2c(c1)S(=O)(=O)N=C(C1=C(O)C3C4CCC(O4)C3N(CCC3CC3)C1=O)N2. The second-order valence-electron chi connectivity index (χ2n) is 9.92. The molecule has 11 nitrogen and oxygen atoms in total. The van der Waals surface area contributed by atoms with Crippen LogP contribution in [0, 0.1) is 11.8 Å². The highest BCUT2D eigenvalue weighted by Crippen LogP contribution is 2.48. The lowest BCUT2D eigenvalue weighted by Gasteiger charge is -2.42. The van der Waals surface area contributed by atoms with Gasteiger partial charge in [-0.3, -0.25) is 9.52 Å². The first-order valence-corrected chi connectivity index (χ1v) is 15.0. The van der Waals surface area contributed by atoms with Crippen molar-refractivity contribution in [2.45, 2.75) is 55.2 Å². The average Bonchev–Trinajstić information content (AvgIpc) is 3.36. The number of amides is 1. The molecule has 0 aromatic heterocycles. The number of benzene rings is 1. The van der Waals surface area contributed by atoms with E-state index in [0.717, 1.165) is 44.4 Å². The Balaban J connectivity index is 1.39. The van der Waals surface area contributed by atoms with Gasteiger partial charge in [0.2, 0.25) is 10.0 Å². The fraction of sp³-hybridized carbons (Fsp3) is 0.545. The van der Waals surface area contributed by atoms with Gasteiger partial charge >= 0.3 is 0 Å². The van der Waals surface area contributed by atoms with Crippen LogP contribution in [-0.4, -0.2) is 69.6 Å². The van der Waals surface area contributed by atoms with Gasteiger partial charge in [0.05, 0.1) is 36.1 Å². The van der Waals surface area contributed by atoms with Crippen LogP contribution >= 0.6 is 0 Å². The number of hydrogen-bond acceptors (Lipinski definition) is 8. The third-order valence-corrected chi connectivity index (χ3v) is 9.30. The number of nitrogens with zero attached hydrogens (tertiary/aromatic N) is 2. The number of sulfonamides is 2. The molecule has 4 atom stereocenters. The Labute approximate surface area is 203 Å². The highest BCUT2D eigenvalue weighted by molar-refractivity contribution is 7.92. The number of carbonyl (C=O) groups is 1. The van der Waals surface area contributed by atoms with Crippen molar-refractivity contribution >= 4 is 43.2 Å². The summed E-state index contributed by atoms with van der Waals surface area (Å²) in [5.41, 5.74) is 0.0584. The predicted octanol–water partition coefficient (Wildman–Crippen LogP) is 1.57. The van der Waals surface area contributed by atoms with Crippen LogP contribution in [0.25, 0.3) is 0 Å². The Bertz CT molecular complexity index is 1400. The molecule has 6 rings (SSSR count). The molecule has 0 spiro atoms. The summed E-state index contributed by atoms with van der Waals surface area (Å²) in [6, 6.07) is 3.71. The van der Waals surface area contributed by atoms with E-state index >= 15 is 0 Å². The van der Waals surface area contributed by atoms with Crippen molar-refractivity contribution < 1.29 is 31.5 Å². The molecule has 13 heteroatoms. The first kappa shape index (κ1) is 22.8. The third-order valence-electron chi connectivity index (χ3n) is 7.38. The number of aliphatic hydroxyl groups excluding tert-OH is 1. The van der Waals surface area contributed by atoms with E-state index in [1.165, 1.54) is 12.1 Å². The number of ether oxygens (including phenoxy) is 1. The molecule has 4 aliphatic heterocycles. The predicted molar refractivity (Wildman–Crippen MR) is 127 cm³/mol. The number of amidine groups is 1. The van der Waals surface area contributed by atoms with Gasteiger partial charge in [0, 0.05) is 12.2 Å². The quantitative estimate of drug-likeness (QED) is 0.509. The molecule has 3 fully saturated rings. The summed E-state index contributed by atoms with van der Waals surface area (Å²) in [5, 5.41) is 14.1. The molecule has 1 aromatic rings. The molecule has 4 unspecified atom stereocenters. The molecule has 1 amide bonds. The van der Waals surface area contributed by atoms with Crippen molar-refractivity contribution in [1.29, 1.82) is 0 Å². The van der Waals surface area contributed by atoms with Gasteiger partial charge in [-0.1, -0.05) is 12.8 Å². The van der Waals surface area contributed by atoms with Crippen LogP contribution in [0.15, 0.2) is 38.8 Å². The van der Waals surface area contributed by atoms with Crippen LogP contribution in [0.4, 0.5) is 11.4 Å². The number of anilines is 2. The van der Waals surface area contributed by atoms with E-state index < -0.39 is 31.9 Å². The van der Waals surface area contributed by atoms with Crippen LogP contribution in [0.2, 0.25) is 0 Å². The average molecular weight is 523 g/mol. The Hall–Kier alpha value is -2.64. The summed E-state index contributed by atoms with van der Waals surface area (Å²) in [4.78, 5) is 15.2. The minimum absolute atomic E-state index is 0.0688. The van der Waals surface area contributed by atoms with Crippen molar-refractivity contribution in [2.75, 3.05) is 22.8 Å². The zero-order valence-electron chi connectivity index (χ0n) is 19.0. The topological polar surface area (TPSA) is 154 Å². The van der Waals surface area contributed by atoms with E-state index in [9.17, 15) is 26.7 Å². The Morgan fingerprint density at radius 1 is 1.23 bits per heavy atom. The molecule has 1 aliphatic carbocycles. The fourth-order valence-corrected chi connectivity index (χ4v) is 7.39. The van der Waals surface area contributed by atoms with E-state index in [4.69, 9.17) is 4.74 Å². The lowest BCUT2D eigenvalue weighted by atomic mass is 9.78. The van der Waals surface area contributed by atoms with Gasteiger partial charge in [-0.2, -0.15) is 8.42 Å². The lowest BCUT2D eigenvalue weighted by Crippen LogP contribution is -2.56. The number of carbonyl (C=O) groups excluding carboxylic acids is 1. The summed E-state index contributed by atoms with van der Waals surface area (Å²) in [5.74, 6) is -0.705. The van der Waals surface area contributed by atoms with E-state index in [1.807, 2.05) is 0 Å². The number of rotatable bonds is 6. The molecule has 188 valence electrons. The third kappa shape index (κ3) is 3.89. The summed E-state index contributed by atoms with van der Waals surface area (Å²) in [6.45, 7) is 0.519. The molecule has 5 aliphatic rings. The van der Waals surface area contributed by atoms with Gasteiger partial charge in [0.25, 0.3) is 15.9 Å². The van der Waals surface area contributed by atoms with Gasteiger partial charge in [-0.25, -0.2) is 8.42 Å². The molecule has 2 saturated heterocycles. The van der Waals surface area contributed by atoms with Crippen LogP contribution in [-0.2, 0) is 29.6 Å². The standard InChI is InChI=1S/C22H26N4O7S2/c1-34(29,30)24-12-4-5-13-16(10-12)35(31,32)25-21(23-13)18-20(27)17-14-6-7-15(33-14)19(17)26(22(18)28)9-8-11-2-3-11/h4-5,10-11,14-15,17,19,24,27H,2-3,6-9H2,1H3,(H,23,25). The zero-order chi connectivity index (χ0) is 24.7. The maximum Gasteiger partial charge on any atom is 0.286 e. The number of hydrogen-bond donors (Lipinski definition) is 3. The van der Waals surface area contributed by atoms with Crippen LogP contribution in [0.1, 0.15) is 32.1 Å². The van der Waals surface area contributed by atoms with Crippen LogP contribution in [0.3, 0.4) is 0 Å². The summed E-state index contributed by atoms with van der Waals surface area (Å²) in [7, 11) is -7.90. The summed E-state index contributed by atoms with van der Waals surface area (Å²) < 4.78 is 61.3. The largest absolute Gasteiger partial charge is 0.511 e. The molecule has 4 heterocycles. The van der Waals surface area contributed by atoms with Crippen molar-refractivity contribution in [3.05, 3.63) is 29.5 Å². The Morgan fingerprint density at radius 3 is 2.69 bits per heavy atom. The monoisotopic (exact) mass is 522 g/mol. The first-order chi connectivity index (χ1) is 16.5. The minimum Gasteiger partial charge on any atom is -0.511 e. The first-order valence-electron chi connectivity index (χ1n) is 11.7. The molecule has 1 aromatic carbocycles. The van der Waals surface area contributed by atoms with Crippen molar-refractivity contribution in [1.82, 2.24) is 4.90 Å². The van der Waals surface area contributed by atoms with E-state index in [2.05, 4.69) is 14.4 Å². The normalized spacial score (nSPS) is 31.1. The van der Waals surface area contributed by atoms with Crippen LogP contribution in [0.5, 0.6) is 0 Å². The van der Waals surface area contributed by atoms with E-state index in [-0.39, 0.29) is 51.7 Å². The molecule has 2 bridgehead atoms. The molecular formula is C22H26N4O7S2. The molecule has 0 radical (unpaired) electrons. The van der Waals surface area contributed by atoms with Crippen molar-refractivity contribution in [3.8, 4) is 0 Å². The smallest absolute Gasteiger partial charge is 0.286 e. The molecule has 3 N–H and O–H groups in total. The zero-order valence-corrected chi connectivity index (χ0v) is 20.6. The van der Waals surface area contributed by atoms with Gasteiger partial charge < -0.3 is 20.1 Å².